The van der Waals surface area contributed by atoms with Crippen LogP contribution in [0.4, 0.5) is 13.2 Å². The van der Waals surface area contributed by atoms with Crippen LogP contribution in [0.25, 0.3) is 0 Å². The van der Waals surface area contributed by atoms with E-state index in [2.05, 4.69) is 4.74 Å². The average molecular weight is 270 g/mol. The molecule has 0 saturated carbocycles. The van der Waals surface area contributed by atoms with E-state index in [0.717, 1.165) is 11.3 Å². The summed E-state index contributed by atoms with van der Waals surface area (Å²) in [6.07, 6.45) is -2.78. The third-order valence-corrected chi connectivity index (χ3v) is 2.64. The van der Waals surface area contributed by atoms with Crippen LogP contribution in [0.2, 0.25) is 0 Å². The molecule has 6 heteroatoms. The van der Waals surface area contributed by atoms with Gasteiger partial charge in [0.25, 0.3) is 0 Å². The number of ether oxygens (including phenoxy) is 1. The van der Waals surface area contributed by atoms with Gasteiger partial charge in [0, 0.05) is 25.0 Å². The first-order chi connectivity index (χ1) is 8.98. The fraction of sp³-hybridized carbons (Fsp3) is 0.231. The topological polar surface area (TPSA) is 40.2 Å². The number of alkyl halides is 3. The fourth-order valence-electron chi connectivity index (χ4n) is 1.78. The van der Waals surface area contributed by atoms with Gasteiger partial charge in [-0.15, -0.1) is 13.2 Å². The smallest absolute Gasteiger partial charge is 0.406 e. The van der Waals surface area contributed by atoms with Crippen molar-refractivity contribution in [3.8, 4) is 5.75 Å². The van der Waals surface area contributed by atoms with Gasteiger partial charge >= 0.3 is 6.36 Å². The van der Waals surface area contributed by atoms with Crippen molar-refractivity contribution in [2.75, 3.05) is 0 Å². The summed E-state index contributed by atoms with van der Waals surface area (Å²) in [6.45, 7) is 0.980. The van der Waals surface area contributed by atoms with E-state index < -0.39 is 6.36 Å². The Labute approximate surface area is 108 Å². The third kappa shape index (κ3) is 3.75. The Kier molecular flexibility index (Phi) is 3.80. The van der Waals surface area contributed by atoms with E-state index in [4.69, 9.17) is 5.73 Å². The van der Waals surface area contributed by atoms with E-state index in [1.165, 1.54) is 12.1 Å². The van der Waals surface area contributed by atoms with Gasteiger partial charge in [-0.2, -0.15) is 0 Å². The maximum Gasteiger partial charge on any atom is 0.573 e. The van der Waals surface area contributed by atoms with E-state index in [0.29, 0.717) is 13.1 Å². The van der Waals surface area contributed by atoms with Crippen LogP contribution in [0, 0.1) is 0 Å². The molecule has 0 radical (unpaired) electrons. The number of hydrogen-bond acceptors (Lipinski definition) is 2. The lowest BCUT2D eigenvalue weighted by Gasteiger charge is -2.10. The van der Waals surface area contributed by atoms with Crippen molar-refractivity contribution >= 4 is 0 Å². The molecule has 0 amide bonds. The molecule has 0 atom stereocenters. The summed E-state index contributed by atoms with van der Waals surface area (Å²) >= 11 is 0. The molecule has 0 spiro atoms. The van der Waals surface area contributed by atoms with Crippen LogP contribution < -0.4 is 10.5 Å². The summed E-state index contributed by atoms with van der Waals surface area (Å²) in [4.78, 5) is 0. The van der Waals surface area contributed by atoms with Crippen molar-refractivity contribution < 1.29 is 17.9 Å². The van der Waals surface area contributed by atoms with Gasteiger partial charge in [-0.3, -0.25) is 0 Å². The van der Waals surface area contributed by atoms with Crippen molar-refractivity contribution in [2.24, 2.45) is 5.73 Å². The lowest BCUT2D eigenvalue weighted by Crippen LogP contribution is -2.17. The minimum atomic E-state index is -4.66. The minimum Gasteiger partial charge on any atom is -0.406 e. The maximum absolute atomic E-state index is 12.0. The molecule has 0 unspecified atom stereocenters. The molecule has 2 rings (SSSR count). The summed E-state index contributed by atoms with van der Waals surface area (Å²) in [5, 5.41) is 0. The molecule has 3 nitrogen and oxygen atoms in total. The Morgan fingerprint density at radius 2 is 1.79 bits per heavy atom. The molecule has 0 aliphatic carbocycles. The standard InChI is InChI=1S/C13H13F3N2O/c14-13(15,16)19-12-5-3-10(4-6-12)9-18-7-1-2-11(18)8-17/h1-7H,8-9,17H2. The Hall–Kier alpha value is -1.95. The monoisotopic (exact) mass is 270 g/mol. The van der Waals surface area contributed by atoms with Gasteiger partial charge in [0.15, 0.2) is 0 Å². The predicted molar refractivity (Wildman–Crippen MR) is 64.6 cm³/mol. The van der Waals surface area contributed by atoms with Crippen molar-refractivity contribution in [1.82, 2.24) is 4.57 Å². The molecule has 0 saturated heterocycles. The highest BCUT2D eigenvalue weighted by atomic mass is 19.4. The highest BCUT2D eigenvalue weighted by Crippen LogP contribution is 2.23. The van der Waals surface area contributed by atoms with Crippen molar-refractivity contribution in [2.45, 2.75) is 19.5 Å². The molecular weight excluding hydrogens is 257 g/mol. The second-order valence-corrected chi connectivity index (χ2v) is 4.02. The molecule has 0 aliphatic heterocycles. The average Bonchev–Trinajstić information content (AvgIpc) is 2.77. The summed E-state index contributed by atoms with van der Waals surface area (Å²) in [5.74, 6) is -0.220. The Morgan fingerprint density at radius 1 is 1.11 bits per heavy atom. The molecule has 0 fully saturated rings. The third-order valence-electron chi connectivity index (χ3n) is 2.64. The van der Waals surface area contributed by atoms with E-state index in [-0.39, 0.29) is 5.75 Å². The minimum absolute atomic E-state index is 0.220. The lowest BCUT2D eigenvalue weighted by atomic mass is 10.2. The lowest BCUT2D eigenvalue weighted by molar-refractivity contribution is -0.274. The summed E-state index contributed by atoms with van der Waals surface area (Å²) in [5.41, 5.74) is 7.42. The van der Waals surface area contributed by atoms with E-state index >= 15 is 0 Å². The zero-order valence-electron chi connectivity index (χ0n) is 10.0. The van der Waals surface area contributed by atoms with Crippen LogP contribution in [-0.4, -0.2) is 10.9 Å². The highest BCUT2D eigenvalue weighted by Gasteiger charge is 2.30. The molecule has 2 N–H and O–H groups in total. The molecule has 1 aromatic heterocycles. The Morgan fingerprint density at radius 3 is 2.37 bits per heavy atom. The summed E-state index contributed by atoms with van der Waals surface area (Å²) < 4.78 is 41.8. The van der Waals surface area contributed by atoms with E-state index in [9.17, 15) is 13.2 Å². The molecular formula is C13H13F3N2O. The van der Waals surface area contributed by atoms with Crippen LogP contribution in [0.1, 0.15) is 11.3 Å². The first-order valence-electron chi connectivity index (χ1n) is 5.67. The van der Waals surface area contributed by atoms with Crippen LogP contribution >= 0.6 is 0 Å². The fourth-order valence-corrected chi connectivity index (χ4v) is 1.78. The van der Waals surface area contributed by atoms with Gasteiger partial charge in [-0.1, -0.05) is 12.1 Å². The zero-order chi connectivity index (χ0) is 13.9. The first kappa shape index (κ1) is 13.5. The quantitative estimate of drug-likeness (QED) is 0.928. The second-order valence-electron chi connectivity index (χ2n) is 4.02. The number of benzene rings is 1. The van der Waals surface area contributed by atoms with Gasteiger partial charge in [-0.05, 0) is 29.8 Å². The van der Waals surface area contributed by atoms with Gasteiger partial charge in [0.1, 0.15) is 5.75 Å². The number of halogens is 3. The van der Waals surface area contributed by atoms with Crippen LogP contribution in [0.5, 0.6) is 5.75 Å². The molecule has 19 heavy (non-hydrogen) atoms. The molecule has 102 valence electrons. The predicted octanol–water partition coefficient (Wildman–Crippen LogP) is 2.89. The number of hydrogen-bond donors (Lipinski definition) is 1. The number of nitrogens with zero attached hydrogens (tertiary/aromatic N) is 1. The number of nitrogens with two attached hydrogens (primary N) is 1. The number of aromatic nitrogens is 1. The van der Waals surface area contributed by atoms with Gasteiger partial charge in [0.05, 0.1) is 0 Å². The van der Waals surface area contributed by atoms with E-state index in [1.807, 2.05) is 22.9 Å². The molecule has 2 aromatic rings. The summed E-state index contributed by atoms with van der Waals surface area (Å²) in [7, 11) is 0. The van der Waals surface area contributed by atoms with Crippen LogP contribution in [-0.2, 0) is 13.1 Å². The normalized spacial score (nSPS) is 11.6. The van der Waals surface area contributed by atoms with Gasteiger partial charge in [0.2, 0.25) is 0 Å². The molecule has 1 heterocycles. The van der Waals surface area contributed by atoms with Crippen molar-refractivity contribution in [3.63, 3.8) is 0 Å². The van der Waals surface area contributed by atoms with Crippen LogP contribution in [0.3, 0.4) is 0 Å². The van der Waals surface area contributed by atoms with Crippen LogP contribution in [0.15, 0.2) is 42.6 Å². The first-order valence-corrected chi connectivity index (χ1v) is 5.67. The van der Waals surface area contributed by atoms with Crippen molar-refractivity contribution in [1.29, 1.82) is 0 Å². The van der Waals surface area contributed by atoms with Gasteiger partial charge < -0.3 is 15.0 Å². The SMILES string of the molecule is NCc1cccn1Cc1ccc(OC(F)(F)F)cc1. The Balaban J connectivity index is 2.07. The largest absolute Gasteiger partial charge is 0.573 e. The zero-order valence-corrected chi connectivity index (χ0v) is 10.0. The molecule has 0 bridgehead atoms. The van der Waals surface area contributed by atoms with E-state index in [1.54, 1.807) is 12.1 Å². The number of rotatable bonds is 4. The van der Waals surface area contributed by atoms with Crippen molar-refractivity contribution in [3.05, 3.63) is 53.9 Å². The summed E-state index contributed by atoms with van der Waals surface area (Å²) in [6, 6.07) is 9.58. The molecule has 0 aliphatic rings. The Bertz CT molecular complexity index is 532. The molecule has 1 aromatic carbocycles. The second kappa shape index (κ2) is 5.36. The van der Waals surface area contributed by atoms with Gasteiger partial charge in [-0.25, -0.2) is 0 Å². The highest BCUT2D eigenvalue weighted by molar-refractivity contribution is 5.28. The maximum atomic E-state index is 12.0.